The molecule has 0 atom stereocenters. The molecule has 1 aliphatic rings. The van der Waals surface area contributed by atoms with Crippen LogP contribution in [0.5, 0.6) is 0 Å². The third-order valence-corrected chi connectivity index (χ3v) is 4.46. The average molecular weight is 406 g/mol. The topological polar surface area (TPSA) is 163 Å². The van der Waals surface area contributed by atoms with Crippen molar-refractivity contribution in [1.82, 2.24) is 15.2 Å². The minimum atomic E-state index is -0.917. The lowest BCUT2D eigenvalue weighted by Crippen LogP contribution is -2.45. The maximum atomic E-state index is 11.9. The number of fused-ring (bicyclic) bond motifs is 1. The Kier molecular flexibility index (Phi) is 5.90. The number of esters is 1. The molecule has 0 unspecified atom stereocenters. The number of nitrogens with one attached hydrogen (secondary N) is 2. The van der Waals surface area contributed by atoms with E-state index in [4.69, 9.17) is 9.15 Å². The lowest BCUT2D eigenvalue weighted by Gasteiger charge is -2.12. The number of nitrogens with zero attached hydrogens (tertiary/aromatic N) is 2. The summed E-state index contributed by atoms with van der Waals surface area (Å²) < 4.78 is 10.6. The molecule has 2 aromatic rings. The number of hydrogen-bond donors (Lipinski definition) is 2. The molecule has 3 rings (SSSR count). The summed E-state index contributed by atoms with van der Waals surface area (Å²) in [6.07, 6.45) is 3.75. The van der Waals surface area contributed by atoms with Crippen molar-refractivity contribution in [2.24, 2.45) is 0 Å². The minimum Gasteiger partial charge on any atom is -0.454 e. The van der Waals surface area contributed by atoms with Gasteiger partial charge in [0.15, 0.2) is 12.2 Å². The second kappa shape index (κ2) is 8.54. The number of aromatic nitrogens is 1. The summed E-state index contributed by atoms with van der Waals surface area (Å²) in [5.74, 6) is -2.63. The van der Waals surface area contributed by atoms with Crippen molar-refractivity contribution >= 4 is 34.7 Å². The summed E-state index contributed by atoms with van der Waals surface area (Å²) >= 11 is 0. The number of rotatable bonds is 6. The lowest BCUT2D eigenvalue weighted by atomic mass is 10.2. The van der Waals surface area contributed by atoms with Gasteiger partial charge in [-0.25, -0.2) is 9.59 Å². The van der Waals surface area contributed by atoms with E-state index in [1.807, 2.05) is 0 Å². The number of carbonyl (C=O) groups excluding carboxylic acids is 3. The van der Waals surface area contributed by atoms with Crippen LogP contribution in [-0.4, -0.2) is 40.0 Å². The van der Waals surface area contributed by atoms with Gasteiger partial charge in [0.1, 0.15) is 6.54 Å². The molecule has 1 saturated carbocycles. The van der Waals surface area contributed by atoms with E-state index < -0.39 is 41.7 Å². The summed E-state index contributed by atoms with van der Waals surface area (Å²) in [5.41, 5.74) is -0.162. The smallest absolute Gasteiger partial charge is 0.420 e. The van der Waals surface area contributed by atoms with Crippen LogP contribution < -0.4 is 16.4 Å². The molecule has 12 nitrogen and oxygen atoms in total. The third kappa shape index (κ3) is 4.97. The summed E-state index contributed by atoms with van der Waals surface area (Å²) in [7, 11) is 0. The Morgan fingerprint density at radius 2 is 2.00 bits per heavy atom. The van der Waals surface area contributed by atoms with E-state index in [-0.39, 0.29) is 22.8 Å². The molecule has 154 valence electrons. The molecule has 1 aromatic heterocycles. The fourth-order valence-corrected chi connectivity index (χ4v) is 3.09. The average Bonchev–Trinajstić information content (AvgIpc) is 3.27. The molecular weight excluding hydrogens is 388 g/mol. The maximum Gasteiger partial charge on any atom is 0.420 e. The molecule has 3 amide bonds. The minimum absolute atomic E-state index is 0.0300. The van der Waals surface area contributed by atoms with E-state index in [1.54, 1.807) is 0 Å². The first-order valence-corrected chi connectivity index (χ1v) is 8.87. The number of imide groups is 1. The first-order chi connectivity index (χ1) is 13.8. The van der Waals surface area contributed by atoms with Gasteiger partial charge in [0.2, 0.25) is 0 Å². The largest absolute Gasteiger partial charge is 0.454 e. The molecule has 0 radical (unpaired) electrons. The molecule has 29 heavy (non-hydrogen) atoms. The van der Waals surface area contributed by atoms with Gasteiger partial charge in [-0.15, -0.1) is 0 Å². The number of carbonyl (C=O) groups is 3. The van der Waals surface area contributed by atoms with Crippen molar-refractivity contribution in [2.45, 2.75) is 38.3 Å². The second-order valence-electron chi connectivity index (χ2n) is 6.53. The van der Waals surface area contributed by atoms with Gasteiger partial charge in [-0.1, -0.05) is 12.8 Å². The van der Waals surface area contributed by atoms with E-state index >= 15 is 0 Å². The summed E-state index contributed by atoms with van der Waals surface area (Å²) in [6.45, 7) is -1.27. The van der Waals surface area contributed by atoms with Crippen LogP contribution in [0, 0.1) is 10.1 Å². The van der Waals surface area contributed by atoms with Gasteiger partial charge < -0.3 is 14.5 Å². The number of hydrogen-bond acceptors (Lipinski definition) is 8. The van der Waals surface area contributed by atoms with Gasteiger partial charge >= 0.3 is 17.8 Å². The molecule has 12 heteroatoms. The van der Waals surface area contributed by atoms with E-state index in [1.165, 1.54) is 6.07 Å². The van der Waals surface area contributed by atoms with Gasteiger partial charge in [0, 0.05) is 12.1 Å². The van der Waals surface area contributed by atoms with Gasteiger partial charge in [0.25, 0.3) is 11.6 Å². The molecule has 1 aliphatic carbocycles. The summed E-state index contributed by atoms with van der Waals surface area (Å²) in [6, 6.07) is 2.87. The molecule has 1 fully saturated rings. The van der Waals surface area contributed by atoms with Crippen molar-refractivity contribution in [3.8, 4) is 0 Å². The monoisotopic (exact) mass is 406 g/mol. The SMILES string of the molecule is O=C(COC(=O)Cn1c(=O)oc2cc([N+](=O)[O-])ccc21)NC(=O)NC1CCCC1. The number of nitro groups is 1. The molecule has 1 heterocycles. The van der Waals surface area contributed by atoms with Crippen molar-refractivity contribution in [3.63, 3.8) is 0 Å². The van der Waals surface area contributed by atoms with Gasteiger partial charge in [-0.05, 0) is 18.9 Å². The predicted octanol–water partition coefficient (Wildman–Crippen LogP) is 0.814. The predicted molar refractivity (Wildman–Crippen MR) is 97.0 cm³/mol. The lowest BCUT2D eigenvalue weighted by molar-refractivity contribution is -0.384. The number of non-ortho nitro benzene ring substituents is 1. The first kappa shape index (κ1) is 20.0. The van der Waals surface area contributed by atoms with Crippen LogP contribution >= 0.6 is 0 Å². The number of ether oxygens (including phenoxy) is 1. The quantitative estimate of drug-likeness (QED) is 0.404. The Labute approximate surface area is 162 Å². The molecule has 2 N–H and O–H groups in total. The number of amides is 3. The Hall–Kier alpha value is -3.70. The highest BCUT2D eigenvalue weighted by molar-refractivity contribution is 5.95. The molecule has 0 saturated heterocycles. The van der Waals surface area contributed by atoms with Crippen LogP contribution in [-0.2, 0) is 20.9 Å². The summed E-state index contributed by atoms with van der Waals surface area (Å²) in [5, 5.41) is 15.5. The van der Waals surface area contributed by atoms with Gasteiger partial charge in [-0.3, -0.25) is 29.6 Å². The van der Waals surface area contributed by atoms with E-state index in [0.29, 0.717) is 0 Å². The fourth-order valence-electron chi connectivity index (χ4n) is 3.09. The Morgan fingerprint density at radius 3 is 2.69 bits per heavy atom. The zero-order valence-corrected chi connectivity index (χ0v) is 15.2. The van der Waals surface area contributed by atoms with E-state index in [9.17, 15) is 29.3 Å². The highest BCUT2D eigenvalue weighted by Crippen LogP contribution is 2.20. The van der Waals surface area contributed by atoms with Crippen LogP contribution in [0.15, 0.2) is 27.4 Å². The van der Waals surface area contributed by atoms with Crippen LogP contribution in [0.4, 0.5) is 10.5 Å². The van der Waals surface area contributed by atoms with E-state index in [0.717, 1.165) is 42.4 Å². The highest BCUT2D eigenvalue weighted by Gasteiger charge is 2.20. The number of urea groups is 1. The molecule has 0 spiro atoms. The summed E-state index contributed by atoms with van der Waals surface area (Å²) in [4.78, 5) is 57.4. The van der Waals surface area contributed by atoms with Crippen LogP contribution in [0.1, 0.15) is 25.7 Å². The first-order valence-electron chi connectivity index (χ1n) is 8.87. The normalized spacial score (nSPS) is 13.9. The van der Waals surface area contributed by atoms with Gasteiger partial charge in [-0.2, -0.15) is 0 Å². The fraction of sp³-hybridized carbons (Fsp3) is 0.412. The highest BCUT2D eigenvalue weighted by atomic mass is 16.6. The second-order valence-corrected chi connectivity index (χ2v) is 6.53. The van der Waals surface area contributed by atoms with Crippen LogP contribution in [0.3, 0.4) is 0 Å². The maximum absolute atomic E-state index is 11.9. The van der Waals surface area contributed by atoms with Crippen molar-refractivity contribution < 1.29 is 28.5 Å². The standard InChI is InChI=1S/C17H18N4O8/c22-14(19-16(24)18-10-3-1-2-4-10)9-28-15(23)8-20-12-6-5-11(21(26)27)7-13(12)29-17(20)25/h5-7,10H,1-4,8-9H2,(H2,18,19,22,24). The van der Waals surface area contributed by atoms with E-state index in [2.05, 4.69) is 10.6 Å². The third-order valence-electron chi connectivity index (χ3n) is 4.46. The Balaban J connectivity index is 1.53. The molecular formula is C17H18N4O8. The van der Waals surface area contributed by atoms with Crippen molar-refractivity contribution in [1.29, 1.82) is 0 Å². The van der Waals surface area contributed by atoms with Crippen molar-refractivity contribution in [2.75, 3.05) is 6.61 Å². The number of oxazole rings is 1. The Bertz CT molecular complexity index is 1020. The molecule has 1 aromatic carbocycles. The number of nitro benzene ring substituents is 1. The zero-order valence-electron chi connectivity index (χ0n) is 15.2. The Morgan fingerprint density at radius 1 is 1.28 bits per heavy atom. The van der Waals surface area contributed by atoms with Crippen LogP contribution in [0.2, 0.25) is 0 Å². The van der Waals surface area contributed by atoms with Gasteiger partial charge in [0.05, 0.1) is 16.5 Å². The van der Waals surface area contributed by atoms with Crippen LogP contribution in [0.25, 0.3) is 11.1 Å². The molecule has 0 bridgehead atoms. The zero-order chi connectivity index (χ0) is 21.0. The molecule has 0 aliphatic heterocycles. The van der Waals surface area contributed by atoms with Crippen molar-refractivity contribution in [3.05, 3.63) is 38.9 Å². The number of benzene rings is 1.